The van der Waals surface area contributed by atoms with E-state index in [1.165, 1.54) is 23.5 Å². The van der Waals surface area contributed by atoms with E-state index < -0.39 is 10.0 Å². The number of sulfonamides is 1. The molecule has 2 aromatic heterocycles. The molecule has 0 unspecified atom stereocenters. The summed E-state index contributed by atoms with van der Waals surface area (Å²) in [6.45, 7) is 2.47. The first-order valence-electron chi connectivity index (χ1n) is 10.2. The van der Waals surface area contributed by atoms with Crippen molar-refractivity contribution in [3.63, 3.8) is 0 Å². The Balaban J connectivity index is 1.35. The Hall–Kier alpha value is -3.69. The van der Waals surface area contributed by atoms with Crippen molar-refractivity contribution in [2.45, 2.75) is 11.8 Å². The van der Waals surface area contributed by atoms with E-state index in [0.717, 1.165) is 16.0 Å². The molecule has 7 nitrogen and oxygen atoms in total. The first kappa shape index (κ1) is 21.2. The van der Waals surface area contributed by atoms with Crippen molar-refractivity contribution in [1.82, 2.24) is 9.97 Å². The minimum atomic E-state index is -3.80. The number of oxazole rings is 1. The van der Waals surface area contributed by atoms with E-state index >= 15 is 0 Å². The molecule has 0 saturated carbocycles. The van der Waals surface area contributed by atoms with Crippen molar-refractivity contribution >= 4 is 36.7 Å². The summed E-state index contributed by atoms with van der Waals surface area (Å²) < 4.78 is 40.5. The van der Waals surface area contributed by atoms with Gasteiger partial charge in [0.1, 0.15) is 5.75 Å². The number of nitrogens with zero attached hydrogens (tertiary/aromatic N) is 2. The molecule has 9 heteroatoms. The van der Waals surface area contributed by atoms with Gasteiger partial charge in [0.2, 0.25) is 5.89 Å². The molecule has 1 N–H and O–H groups in total. The maximum Gasteiger partial charge on any atom is 0.263 e. The van der Waals surface area contributed by atoms with Crippen molar-refractivity contribution in [2.24, 2.45) is 0 Å². The Morgan fingerprint density at radius 1 is 1.00 bits per heavy atom. The van der Waals surface area contributed by atoms with Crippen molar-refractivity contribution in [1.29, 1.82) is 0 Å². The fourth-order valence-electron chi connectivity index (χ4n) is 3.30. The zero-order chi connectivity index (χ0) is 22.8. The molecule has 0 bridgehead atoms. The molecule has 5 rings (SSSR count). The normalized spacial score (nSPS) is 11.5. The SMILES string of the molecule is CCOc1ccc2nc(NS(=O)(=O)c3ccc(-c4ncc(-c5ccccc5)o4)cc3)sc2c1. The smallest absolute Gasteiger partial charge is 0.263 e. The number of aromatic nitrogens is 2. The maximum absolute atomic E-state index is 12.9. The van der Waals surface area contributed by atoms with E-state index in [1.807, 2.05) is 55.5 Å². The third-order valence-electron chi connectivity index (χ3n) is 4.87. The van der Waals surface area contributed by atoms with Gasteiger partial charge in [0, 0.05) is 11.1 Å². The molecule has 0 saturated heterocycles. The van der Waals surface area contributed by atoms with Gasteiger partial charge in [0.15, 0.2) is 10.9 Å². The van der Waals surface area contributed by atoms with Crippen LogP contribution in [0.5, 0.6) is 5.75 Å². The van der Waals surface area contributed by atoms with Crippen LogP contribution in [0.1, 0.15) is 6.92 Å². The second-order valence-corrected chi connectivity index (χ2v) is 9.82. The van der Waals surface area contributed by atoms with Gasteiger partial charge >= 0.3 is 0 Å². The molecule has 0 aliphatic carbocycles. The lowest BCUT2D eigenvalue weighted by Gasteiger charge is -2.05. The molecule has 3 aromatic carbocycles. The lowest BCUT2D eigenvalue weighted by atomic mass is 10.2. The Morgan fingerprint density at radius 3 is 2.55 bits per heavy atom. The number of ether oxygens (including phenoxy) is 1. The summed E-state index contributed by atoms with van der Waals surface area (Å²) in [5.74, 6) is 1.79. The van der Waals surface area contributed by atoms with Crippen molar-refractivity contribution < 1.29 is 17.6 Å². The topological polar surface area (TPSA) is 94.3 Å². The summed E-state index contributed by atoms with van der Waals surface area (Å²) in [5.41, 5.74) is 2.30. The second-order valence-electron chi connectivity index (χ2n) is 7.11. The van der Waals surface area contributed by atoms with Crippen molar-refractivity contribution in [3.05, 3.63) is 79.0 Å². The number of nitrogens with one attached hydrogen (secondary N) is 1. The van der Waals surface area contributed by atoms with Crippen LogP contribution in [0.25, 0.3) is 33.0 Å². The van der Waals surface area contributed by atoms with Crippen LogP contribution in [0.2, 0.25) is 0 Å². The van der Waals surface area contributed by atoms with Crippen LogP contribution in [0.3, 0.4) is 0 Å². The molecule has 0 amide bonds. The fourth-order valence-corrected chi connectivity index (χ4v) is 5.43. The molecular formula is C24H19N3O4S2. The highest BCUT2D eigenvalue weighted by molar-refractivity contribution is 7.93. The minimum absolute atomic E-state index is 0.121. The van der Waals surface area contributed by atoms with Gasteiger partial charge in [-0.3, -0.25) is 4.72 Å². The summed E-state index contributed by atoms with van der Waals surface area (Å²) in [7, 11) is -3.80. The van der Waals surface area contributed by atoms with E-state index in [4.69, 9.17) is 9.15 Å². The summed E-state index contributed by atoms with van der Waals surface area (Å²) in [6, 6.07) is 21.5. The third-order valence-corrected chi connectivity index (χ3v) is 7.29. The molecule has 5 aromatic rings. The molecule has 0 atom stereocenters. The van der Waals surface area contributed by atoms with Crippen LogP contribution in [-0.4, -0.2) is 25.0 Å². The van der Waals surface area contributed by atoms with E-state index in [9.17, 15) is 8.42 Å². The Kier molecular flexibility index (Phi) is 5.57. The monoisotopic (exact) mass is 477 g/mol. The first-order chi connectivity index (χ1) is 16.0. The lowest BCUT2D eigenvalue weighted by molar-refractivity contribution is 0.341. The number of anilines is 1. The van der Waals surface area contributed by atoms with Crippen LogP contribution in [0, 0.1) is 0 Å². The van der Waals surface area contributed by atoms with Gasteiger partial charge in [0.25, 0.3) is 10.0 Å². The molecule has 0 radical (unpaired) electrons. The van der Waals surface area contributed by atoms with Gasteiger partial charge in [-0.1, -0.05) is 41.7 Å². The molecule has 0 fully saturated rings. The number of hydrogen-bond donors (Lipinski definition) is 1. The summed E-state index contributed by atoms with van der Waals surface area (Å²) in [5, 5.41) is 0.294. The van der Waals surface area contributed by atoms with Gasteiger partial charge in [-0.2, -0.15) is 0 Å². The van der Waals surface area contributed by atoms with Gasteiger partial charge in [-0.05, 0) is 49.4 Å². The second kappa shape index (κ2) is 8.68. The van der Waals surface area contributed by atoms with Gasteiger partial charge in [-0.25, -0.2) is 18.4 Å². The van der Waals surface area contributed by atoms with Gasteiger partial charge in [0.05, 0.1) is 27.9 Å². The number of fused-ring (bicyclic) bond motifs is 1. The Morgan fingerprint density at radius 2 is 1.79 bits per heavy atom. The summed E-state index contributed by atoms with van der Waals surface area (Å²) in [4.78, 5) is 8.81. The predicted molar refractivity (Wildman–Crippen MR) is 129 cm³/mol. The standard InChI is InChI=1S/C24H19N3O4S2/c1-2-30-18-10-13-20-22(14-18)32-24(26-20)27-33(28,29)19-11-8-17(9-12-19)23-25-15-21(31-23)16-6-4-3-5-7-16/h3-15H,2H2,1H3,(H,26,27). The molecule has 166 valence electrons. The van der Waals surface area contributed by atoms with E-state index in [-0.39, 0.29) is 4.90 Å². The minimum Gasteiger partial charge on any atom is -0.494 e. The summed E-state index contributed by atoms with van der Waals surface area (Å²) >= 11 is 1.25. The Bertz CT molecular complexity index is 1510. The van der Waals surface area contributed by atoms with Crippen molar-refractivity contribution in [3.8, 4) is 28.5 Å². The van der Waals surface area contributed by atoms with Crippen molar-refractivity contribution in [2.75, 3.05) is 11.3 Å². The molecule has 33 heavy (non-hydrogen) atoms. The number of hydrogen-bond acceptors (Lipinski definition) is 7. The van der Waals surface area contributed by atoms with E-state index in [1.54, 1.807) is 18.3 Å². The zero-order valence-corrected chi connectivity index (χ0v) is 19.2. The Labute approximate surface area is 194 Å². The predicted octanol–water partition coefficient (Wildman–Crippen LogP) is 5.82. The van der Waals surface area contributed by atoms with Gasteiger partial charge < -0.3 is 9.15 Å². The van der Waals surface area contributed by atoms with Crippen LogP contribution in [-0.2, 0) is 10.0 Å². The average molecular weight is 478 g/mol. The van der Waals surface area contributed by atoms with Gasteiger partial charge in [-0.15, -0.1) is 0 Å². The molecule has 0 spiro atoms. The third kappa shape index (κ3) is 4.46. The van der Waals surface area contributed by atoms with E-state index in [0.29, 0.717) is 34.5 Å². The van der Waals surface area contributed by atoms with E-state index in [2.05, 4.69) is 14.7 Å². The van der Waals surface area contributed by atoms with Crippen LogP contribution < -0.4 is 9.46 Å². The maximum atomic E-state index is 12.9. The first-order valence-corrected chi connectivity index (χ1v) is 12.5. The summed E-state index contributed by atoms with van der Waals surface area (Å²) in [6.07, 6.45) is 1.65. The number of rotatable bonds is 7. The quantitative estimate of drug-likeness (QED) is 0.317. The van der Waals surface area contributed by atoms with Crippen LogP contribution in [0.4, 0.5) is 5.13 Å². The average Bonchev–Trinajstić information content (AvgIpc) is 3.46. The van der Waals surface area contributed by atoms with Crippen LogP contribution >= 0.6 is 11.3 Å². The highest BCUT2D eigenvalue weighted by Gasteiger charge is 2.18. The molecule has 0 aliphatic heterocycles. The highest BCUT2D eigenvalue weighted by Crippen LogP contribution is 2.31. The number of benzene rings is 3. The van der Waals surface area contributed by atoms with Crippen LogP contribution in [0.15, 0.2) is 88.3 Å². The largest absolute Gasteiger partial charge is 0.494 e. The lowest BCUT2D eigenvalue weighted by Crippen LogP contribution is -2.12. The molecular weight excluding hydrogens is 458 g/mol. The molecule has 2 heterocycles. The fraction of sp³-hybridized carbons (Fsp3) is 0.0833. The highest BCUT2D eigenvalue weighted by atomic mass is 32.2. The number of thiazole rings is 1. The molecule has 0 aliphatic rings. The zero-order valence-electron chi connectivity index (χ0n) is 17.6.